The van der Waals surface area contributed by atoms with E-state index in [2.05, 4.69) is 50.0 Å². The standard InChI is InChI=1S/C23H25N5OS/c24-16-20-9-6-10-21(15-20)29-13-14-30-23-26-25-22(18-27-11-4-5-12-27)28(23)17-19-7-2-1-3-8-19/h1-3,6-10,15H,4-5,11-14,17-18H2. The minimum Gasteiger partial charge on any atom is -0.493 e. The van der Waals surface area contributed by atoms with Crippen molar-refractivity contribution in [2.75, 3.05) is 25.4 Å². The molecule has 4 rings (SSSR count). The van der Waals surface area contributed by atoms with Gasteiger partial charge in [0.1, 0.15) is 11.6 Å². The van der Waals surface area contributed by atoms with Gasteiger partial charge >= 0.3 is 0 Å². The molecule has 0 unspecified atom stereocenters. The van der Waals surface area contributed by atoms with Gasteiger partial charge in [-0.3, -0.25) is 4.90 Å². The summed E-state index contributed by atoms with van der Waals surface area (Å²) in [4.78, 5) is 2.45. The number of nitrogens with zero attached hydrogens (tertiary/aromatic N) is 5. The fourth-order valence-corrected chi connectivity index (χ4v) is 4.33. The Morgan fingerprint density at radius 2 is 1.83 bits per heavy atom. The van der Waals surface area contributed by atoms with Crippen LogP contribution in [0.5, 0.6) is 5.75 Å². The largest absolute Gasteiger partial charge is 0.493 e. The Balaban J connectivity index is 1.40. The lowest BCUT2D eigenvalue weighted by Gasteiger charge is -2.16. The smallest absolute Gasteiger partial charge is 0.191 e. The van der Waals surface area contributed by atoms with Crippen LogP contribution in [-0.2, 0) is 13.1 Å². The quantitative estimate of drug-likeness (QED) is 0.386. The number of nitriles is 1. The number of thioether (sulfide) groups is 1. The summed E-state index contributed by atoms with van der Waals surface area (Å²) in [6, 6.07) is 19.8. The van der Waals surface area contributed by atoms with E-state index in [1.807, 2.05) is 18.2 Å². The van der Waals surface area contributed by atoms with Crippen molar-refractivity contribution >= 4 is 11.8 Å². The van der Waals surface area contributed by atoms with Crippen LogP contribution in [0.25, 0.3) is 0 Å². The van der Waals surface area contributed by atoms with Crippen LogP contribution in [0.4, 0.5) is 0 Å². The van der Waals surface area contributed by atoms with Crippen LogP contribution in [0.2, 0.25) is 0 Å². The molecular formula is C23H25N5OS. The molecular weight excluding hydrogens is 394 g/mol. The van der Waals surface area contributed by atoms with Gasteiger partial charge in [-0.25, -0.2) is 0 Å². The number of likely N-dealkylation sites (tertiary alicyclic amines) is 1. The number of ether oxygens (including phenoxy) is 1. The van der Waals surface area contributed by atoms with Crippen LogP contribution >= 0.6 is 11.8 Å². The second-order valence-corrected chi connectivity index (χ2v) is 8.35. The van der Waals surface area contributed by atoms with Crippen LogP contribution < -0.4 is 4.74 Å². The molecule has 0 saturated carbocycles. The summed E-state index contributed by atoms with van der Waals surface area (Å²) in [6.07, 6.45) is 2.53. The Morgan fingerprint density at radius 3 is 2.63 bits per heavy atom. The minimum atomic E-state index is 0.541. The molecule has 0 bridgehead atoms. The molecule has 3 aromatic rings. The molecule has 2 heterocycles. The molecule has 1 aliphatic heterocycles. The lowest BCUT2D eigenvalue weighted by molar-refractivity contribution is 0.316. The van der Waals surface area contributed by atoms with Gasteiger partial charge in [0.05, 0.1) is 31.3 Å². The highest BCUT2D eigenvalue weighted by atomic mass is 32.2. The second-order valence-electron chi connectivity index (χ2n) is 7.29. The number of aromatic nitrogens is 3. The Bertz CT molecular complexity index is 992. The Labute approximate surface area is 181 Å². The monoisotopic (exact) mass is 419 g/mol. The third kappa shape index (κ3) is 5.41. The predicted molar refractivity (Wildman–Crippen MR) is 117 cm³/mol. The van der Waals surface area contributed by atoms with Gasteiger partial charge in [0.25, 0.3) is 0 Å². The number of hydrogen-bond donors (Lipinski definition) is 0. The van der Waals surface area contributed by atoms with Crippen molar-refractivity contribution in [1.29, 1.82) is 5.26 Å². The fraction of sp³-hybridized carbons (Fsp3) is 0.348. The van der Waals surface area contributed by atoms with E-state index in [1.54, 1.807) is 23.9 Å². The molecule has 0 atom stereocenters. The number of benzene rings is 2. The molecule has 0 spiro atoms. The first kappa shape index (κ1) is 20.5. The highest BCUT2D eigenvalue weighted by Crippen LogP contribution is 2.21. The van der Waals surface area contributed by atoms with Gasteiger partial charge in [-0.15, -0.1) is 10.2 Å². The molecule has 1 aromatic heterocycles. The Kier molecular flexibility index (Phi) is 7.01. The topological polar surface area (TPSA) is 67.0 Å². The number of rotatable bonds is 9. The van der Waals surface area contributed by atoms with Crippen LogP contribution in [0.3, 0.4) is 0 Å². The van der Waals surface area contributed by atoms with Crippen LogP contribution in [-0.4, -0.2) is 45.1 Å². The maximum Gasteiger partial charge on any atom is 0.191 e. The van der Waals surface area contributed by atoms with Gasteiger partial charge in [0.2, 0.25) is 0 Å². The molecule has 2 aromatic carbocycles. The zero-order valence-corrected chi connectivity index (χ0v) is 17.7. The maximum absolute atomic E-state index is 9.01. The fourth-order valence-electron chi connectivity index (χ4n) is 3.56. The van der Waals surface area contributed by atoms with E-state index in [0.717, 1.165) is 48.7 Å². The van der Waals surface area contributed by atoms with Gasteiger partial charge in [-0.2, -0.15) is 5.26 Å². The lowest BCUT2D eigenvalue weighted by atomic mass is 10.2. The average molecular weight is 420 g/mol. The van der Waals surface area contributed by atoms with E-state index in [-0.39, 0.29) is 0 Å². The van der Waals surface area contributed by atoms with Crippen molar-refractivity contribution in [3.05, 3.63) is 71.5 Å². The summed E-state index contributed by atoms with van der Waals surface area (Å²) in [5.74, 6) is 2.49. The molecule has 0 N–H and O–H groups in total. The zero-order valence-electron chi connectivity index (χ0n) is 16.9. The van der Waals surface area contributed by atoms with Gasteiger partial charge in [-0.05, 0) is 49.7 Å². The van der Waals surface area contributed by atoms with Crippen molar-refractivity contribution in [3.63, 3.8) is 0 Å². The van der Waals surface area contributed by atoms with Gasteiger partial charge in [-0.1, -0.05) is 48.2 Å². The normalized spacial score (nSPS) is 14.0. The van der Waals surface area contributed by atoms with E-state index in [4.69, 9.17) is 10.00 Å². The lowest BCUT2D eigenvalue weighted by Crippen LogP contribution is -2.21. The van der Waals surface area contributed by atoms with Gasteiger partial charge in [0.15, 0.2) is 5.16 Å². The molecule has 1 fully saturated rings. The minimum absolute atomic E-state index is 0.541. The van der Waals surface area contributed by atoms with Crippen LogP contribution in [0.1, 0.15) is 29.8 Å². The molecule has 154 valence electrons. The molecule has 1 aliphatic rings. The molecule has 30 heavy (non-hydrogen) atoms. The predicted octanol–water partition coefficient (Wildman–Crippen LogP) is 3.96. The first-order chi connectivity index (χ1) is 14.8. The summed E-state index contributed by atoms with van der Waals surface area (Å²) in [5, 5.41) is 18.9. The Morgan fingerprint density at radius 1 is 1.00 bits per heavy atom. The maximum atomic E-state index is 9.01. The summed E-state index contributed by atoms with van der Waals surface area (Å²) in [6.45, 7) is 4.42. The third-order valence-electron chi connectivity index (χ3n) is 5.09. The van der Waals surface area contributed by atoms with E-state index in [9.17, 15) is 0 Å². The number of hydrogen-bond acceptors (Lipinski definition) is 6. The van der Waals surface area contributed by atoms with Crippen molar-refractivity contribution in [2.45, 2.75) is 31.1 Å². The molecule has 7 heteroatoms. The average Bonchev–Trinajstić information content (AvgIpc) is 3.43. The summed E-state index contributed by atoms with van der Waals surface area (Å²) >= 11 is 1.66. The van der Waals surface area contributed by atoms with E-state index >= 15 is 0 Å². The first-order valence-electron chi connectivity index (χ1n) is 10.3. The van der Waals surface area contributed by atoms with Crippen molar-refractivity contribution in [3.8, 4) is 11.8 Å². The molecule has 1 saturated heterocycles. The van der Waals surface area contributed by atoms with Crippen molar-refractivity contribution in [1.82, 2.24) is 19.7 Å². The summed E-state index contributed by atoms with van der Waals surface area (Å²) in [5.41, 5.74) is 1.85. The van der Waals surface area contributed by atoms with E-state index in [0.29, 0.717) is 12.2 Å². The van der Waals surface area contributed by atoms with Crippen molar-refractivity contribution < 1.29 is 4.74 Å². The molecule has 0 radical (unpaired) electrons. The SMILES string of the molecule is N#Cc1cccc(OCCSc2nnc(CN3CCCC3)n2Cc2ccccc2)c1. The second kappa shape index (κ2) is 10.3. The molecule has 6 nitrogen and oxygen atoms in total. The van der Waals surface area contributed by atoms with Gasteiger partial charge in [0, 0.05) is 5.75 Å². The first-order valence-corrected chi connectivity index (χ1v) is 11.2. The van der Waals surface area contributed by atoms with E-state index in [1.165, 1.54) is 18.4 Å². The van der Waals surface area contributed by atoms with E-state index < -0.39 is 0 Å². The molecule has 0 amide bonds. The summed E-state index contributed by atoms with van der Waals surface area (Å²) in [7, 11) is 0. The summed E-state index contributed by atoms with van der Waals surface area (Å²) < 4.78 is 8.04. The highest BCUT2D eigenvalue weighted by Gasteiger charge is 2.18. The van der Waals surface area contributed by atoms with Crippen LogP contribution in [0, 0.1) is 11.3 Å². The highest BCUT2D eigenvalue weighted by molar-refractivity contribution is 7.99. The van der Waals surface area contributed by atoms with Crippen molar-refractivity contribution in [2.24, 2.45) is 0 Å². The zero-order chi connectivity index (χ0) is 20.6. The van der Waals surface area contributed by atoms with Gasteiger partial charge < -0.3 is 9.30 Å². The Hall–Kier alpha value is -2.82. The van der Waals surface area contributed by atoms with Crippen LogP contribution in [0.15, 0.2) is 59.8 Å². The molecule has 0 aliphatic carbocycles. The third-order valence-corrected chi connectivity index (χ3v) is 6.02.